The minimum absolute atomic E-state index is 0. The molecule has 1 saturated carbocycles. The van der Waals surface area contributed by atoms with E-state index in [2.05, 4.69) is 47.9 Å². The maximum Gasteiger partial charge on any atom is 0.191 e. The summed E-state index contributed by atoms with van der Waals surface area (Å²) in [5.74, 6) is 2.55. The molecule has 0 radical (unpaired) electrons. The Bertz CT molecular complexity index is 500. The summed E-state index contributed by atoms with van der Waals surface area (Å²) in [7, 11) is 0. The minimum atomic E-state index is 0. The highest BCUT2D eigenvalue weighted by atomic mass is 127. The van der Waals surface area contributed by atoms with Crippen molar-refractivity contribution in [3.63, 3.8) is 0 Å². The number of rotatable bonds is 8. The van der Waals surface area contributed by atoms with Gasteiger partial charge in [0, 0.05) is 32.0 Å². The highest BCUT2D eigenvalue weighted by Gasteiger charge is 2.34. The Morgan fingerprint density at radius 1 is 1.33 bits per heavy atom. The third kappa shape index (κ3) is 5.93. The second kappa shape index (κ2) is 10.3. The SMILES string of the molecule is CCNC(=NCc1nccn1CC(C)C)NCC1(CC)CCC1.I. The van der Waals surface area contributed by atoms with Gasteiger partial charge in [0.05, 0.1) is 0 Å². The van der Waals surface area contributed by atoms with Gasteiger partial charge in [-0.2, -0.15) is 0 Å². The molecule has 0 aliphatic heterocycles. The van der Waals surface area contributed by atoms with E-state index in [1.165, 1.54) is 25.7 Å². The number of halogens is 1. The number of hydrogen-bond donors (Lipinski definition) is 2. The molecule has 138 valence electrons. The number of hydrogen-bond acceptors (Lipinski definition) is 2. The van der Waals surface area contributed by atoms with Crippen LogP contribution >= 0.6 is 24.0 Å². The van der Waals surface area contributed by atoms with Gasteiger partial charge in [0.15, 0.2) is 5.96 Å². The molecule has 6 heteroatoms. The Labute approximate surface area is 164 Å². The zero-order valence-electron chi connectivity index (χ0n) is 15.6. The lowest BCUT2D eigenvalue weighted by Gasteiger charge is -2.41. The van der Waals surface area contributed by atoms with Gasteiger partial charge in [0.2, 0.25) is 0 Å². The second-order valence-electron chi connectivity index (χ2n) is 7.15. The molecule has 2 N–H and O–H groups in total. The molecular weight excluding hydrogens is 413 g/mol. The van der Waals surface area contributed by atoms with E-state index in [1.54, 1.807) is 0 Å². The van der Waals surface area contributed by atoms with E-state index in [1.807, 2.05) is 12.4 Å². The average Bonchev–Trinajstić information content (AvgIpc) is 2.90. The molecule has 1 aliphatic rings. The van der Waals surface area contributed by atoms with Crippen LogP contribution in [0.25, 0.3) is 0 Å². The Morgan fingerprint density at radius 3 is 2.62 bits per heavy atom. The molecule has 24 heavy (non-hydrogen) atoms. The summed E-state index contributed by atoms with van der Waals surface area (Å²) >= 11 is 0. The number of nitrogens with zero attached hydrogens (tertiary/aromatic N) is 3. The van der Waals surface area contributed by atoms with Gasteiger partial charge in [-0.05, 0) is 37.5 Å². The standard InChI is InChI=1S/C18H33N5.HI/c1-5-18(8-7-9-18)14-22-17(19-6-2)21-12-16-20-10-11-23(16)13-15(3)4;/h10-11,15H,5-9,12-14H2,1-4H3,(H2,19,21,22);1H. The van der Waals surface area contributed by atoms with E-state index in [0.717, 1.165) is 31.4 Å². The van der Waals surface area contributed by atoms with Gasteiger partial charge in [-0.1, -0.05) is 27.2 Å². The van der Waals surface area contributed by atoms with Crippen molar-refractivity contribution in [2.75, 3.05) is 13.1 Å². The monoisotopic (exact) mass is 447 g/mol. The van der Waals surface area contributed by atoms with Crippen molar-refractivity contribution < 1.29 is 0 Å². The van der Waals surface area contributed by atoms with Crippen LogP contribution in [0.5, 0.6) is 0 Å². The minimum Gasteiger partial charge on any atom is -0.357 e. The average molecular weight is 447 g/mol. The molecule has 2 rings (SSSR count). The number of nitrogens with one attached hydrogen (secondary N) is 2. The molecule has 0 spiro atoms. The van der Waals surface area contributed by atoms with E-state index in [4.69, 9.17) is 4.99 Å². The van der Waals surface area contributed by atoms with Crippen molar-refractivity contribution in [3.05, 3.63) is 18.2 Å². The summed E-state index contributed by atoms with van der Waals surface area (Å²) in [5.41, 5.74) is 0.492. The number of guanidine groups is 1. The van der Waals surface area contributed by atoms with Crippen LogP contribution in [0.3, 0.4) is 0 Å². The number of aliphatic imine (C=N–C) groups is 1. The van der Waals surface area contributed by atoms with Crippen molar-refractivity contribution in [2.24, 2.45) is 16.3 Å². The topological polar surface area (TPSA) is 54.2 Å². The fraction of sp³-hybridized carbons (Fsp3) is 0.778. The summed E-state index contributed by atoms with van der Waals surface area (Å²) in [5, 5.41) is 6.89. The third-order valence-electron chi connectivity index (χ3n) is 4.88. The van der Waals surface area contributed by atoms with Crippen molar-refractivity contribution in [3.8, 4) is 0 Å². The lowest BCUT2D eigenvalue weighted by atomic mass is 9.67. The van der Waals surface area contributed by atoms with Crippen molar-refractivity contribution in [2.45, 2.75) is 66.5 Å². The Hall–Kier alpha value is -0.790. The predicted octanol–water partition coefficient (Wildman–Crippen LogP) is 3.79. The van der Waals surface area contributed by atoms with Crippen LogP contribution in [0.4, 0.5) is 0 Å². The quantitative estimate of drug-likeness (QED) is 0.362. The molecule has 1 aliphatic carbocycles. The summed E-state index contributed by atoms with van der Waals surface area (Å²) in [6.45, 7) is 12.4. The Balaban J connectivity index is 0.00000288. The van der Waals surface area contributed by atoms with Gasteiger partial charge >= 0.3 is 0 Å². The molecule has 5 nitrogen and oxygen atoms in total. The van der Waals surface area contributed by atoms with Crippen LogP contribution in [0.15, 0.2) is 17.4 Å². The first kappa shape index (κ1) is 21.3. The fourth-order valence-corrected chi connectivity index (χ4v) is 3.15. The predicted molar refractivity (Wildman–Crippen MR) is 112 cm³/mol. The lowest BCUT2D eigenvalue weighted by Crippen LogP contribution is -2.46. The van der Waals surface area contributed by atoms with Crippen LogP contribution in [0, 0.1) is 11.3 Å². The van der Waals surface area contributed by atoms with Gasteiger partial charge in [-0.3, -0.25) is 0 Å². The molecular formula is C18H34IN5. The zero-order valence-corrected chi connectivity index (χ0v) is 18.0. The highest BCUT2D eigenvalue weighted by molar-refractivity contribution is 14.0. The van der Waals surface area contributed by atoms with Crippen molar-refractivity contribution in [1.29, 1.82) is 0 Å². The molecule has 1 aromatic rings. The van der Waals surface area contributed by atoms with Gasteiger partial charge in [-0.25, -0.2) is 9.98 Å². The molecule has 0 aromatic carbocycles. The van der Waals surface area contributed by atoms with Gasteiger partial charge in [0.1, 0.15) is 12.4 Å². The first-order chi connectivity index (χ1) is 11.1. The lowest BCUT2D eigenvalue weighted by molar-refractivity contribution is 0.131. The number of aromatic nitrogens is 2. The van der Waals surface area contributed by atoms with E-state index < -0.39 is 0 Å². The Morgan fingerprint density at radius 2 is 2.08 bits per heavy atom. The summed E-state index contributed by atoms with van der Waals surface area (Å²) in [6, 6.07) is 0. The fourth-order valence-electron chi connectivity index (χ4n) is 3.15. The third-order valence-corrected chi connectivity index (χ3v) is 4.88. The molecule has 0 unspecified atom stereocenters. The van der Waals surface area contributed by atoms with Crippen LogP contribution < -0.4 is 10.6 Å². The maximum atomic E-state index is 4.73. The van der Waals surface area contributed by atoms with Gasteiger partial charge < -0.3 is 15.2 Å². The molecule has 1 fully saturated rings. The molecule has 1 aromatic heterocycles. The van der Waals surface area contributed by atoms with E-state index in [9.17, 15) is 0 Å². The first-order valence-electron chi connectivity index (χ1n) is 9.11. The van der Waals surface area contributed by atoms with Crippen molar-refractivity contribution >= 4 is 29.9 Å². The molecule has 0 amide bonds. The molecule has 0 bridgehead atoms. The smallest absolute Gasteiger partial charge is 0.191 e. The summed E-state index contributed by atoms with van der Waals surface area (Å²) < 4.78 is 2.21. The van der Waals surface area contributed by atoms with Crippen LogP contribution in [0.1, 0.15) is 59.2 Å². The van der Waals surface area contributed by atoms with Crippen molar-refractivity contribution in [1.82, 2.24) is 20.2 Å². The largest absolute Gasteiger partial charge is 0.357 e. The van der Waals surface area contributed by atoms with E-state index >= 15 is 0 Å². The summed E-state index contributed by atoms with van der Waals surface area (Å²) in [6.07, 6.45) is 9.22. The molecule has 0 saturated heterocycles. The first-order valence-corrected chi connectivity index (χ1v) is 9.11. The molecule has 1 heterocycles. The number of imidazole rings is 1. The van der Waals surface area contributed by atoms with Crippen LogP contribution in [0.2, 0.25) is 0 Å². The normalized spacial score (nSPS) is 16.5. The van der Waals surface area contributed by atoms with E-state index in [0.29, 0.717) is 17.9 Å². The van der Waals surface area contributed by atoms with Crippen LogP contribution in [-0.2, 0) is 13.1 Å². The highest BCUT2D eigenvalue weighted by Crippen LogP contribution is 2.42. The van der Waals surface area contributed by atoms with E-state index in [-0.39, 0.29) is 24.0 Å². The molecule has 0 atom stereocenters. The maximum absolute atomic E-state index is 4.73. The Kier molecular flexibility index (Phi) is 9.08. The zero-order chi connectivity index (χ0) is 16.7. The summed E-state index contributed by atoms with van der Waals surface area (Å²) in [4.78, 5) is 9.18. The van der Waals surface area contributed by atoms with Gasteiger partial charge in [0.25, 0.3) is 0 Å². The van der Waals surface area contributed by atoms with Gasteiger partial charge in [-0.15, -0.1) is 24.0 Å². The van der Waals surface area contributed by atoms with Crippen LogP contribution in [-0.4, -0.2) is 28.6 Å². The second-order valence-corrected chi connectivity index (χ2v) is 7.15.